The third-order valence-corrected chi connectivity index (χ3v) is 4.96. The Morgan fingerprint density at radius 1 is 1.25 bits per heavy atom. The van der Waals surface area contributed by atoms with Crippen LogP contribution < -0.4 is 14.8 Å². The number of nitrogens with one attached hydrogen (secondary N) is 1. The first-order valence-electron chi connectivity index (χ1n) is 9.26. The van der Waals surface area contributed by atoms with Crippen LogP contribution in [0.1, 0.15) is 49.9 Å². The zero-order valence-corrected chi connectivity index (χ0v) is 16.3. The van der Waals surface area contributed by atoms with Crippen LogP contribution in [0.25, 0.3) is 0 Å². The smallest absolute Gasteiger partial charge is 0.331 e. The molecular weight excluding hydrogens is 362 g/mol. The highest BCUT2D eigenvalue weighted by molar-refractivity contribution is 6.04. The first-order valence-corrected chi connectivity index (χ1v) is 9.26. The maximum absolute atomic E-state index is 12.6. The van der Waals surface area contributed by atoms with Gasteiger partial charge in [0.25, 0.3) is 5.91 Å². The van der Waals surface area contributed by atoms with E-state index in [4.69, 9.17) is 9.47 Å². The van der Waals surface area contributed by atoms with Gasteiger partial charge in [0.05, 0.1) is 25.1 Å². The number of rotatable bonds is 7. The lowest BCUT2D eigenvalue weighted by atomic mass is 10.1. The van der Waals surface area contributed by atoms with Gasteiger partial charge in [0, 0.05) is 11.8 Å². The van der Waals surface area contributed by atoms with Gasteiger partial charge in [0.1, 0.15) is 0 Å². The summed E-state index contributed by atoms with van der Waals surface area (Å²) in [6.45, 7) is 3.06. The maximum atomic E-state index is 12.6. The standard InChI is InChI=1S/C20H25N3O5/c1-20(2,19(25)26)23-12-14(11-21-23)22-18(24)13-8-9-16(27-3)17(10-13)28-15-6-4-5-7-15/h8-12,15H,4-7H2,1-3H3,(H,22,24)(H,25,26). The number of anilines is 1. The average molecular weight is 387 g/mol. The Labute approximate surface area is 163 Å². The predicted octanol–water partition coefficient (Wildman–Crippen LogP) is 3.29. The summed E-state index contributed by atoms with van der Waals surface area (Å²) < 4.78 is 12.7. The number of methoxy groups -OCH3 is 1. The molecule has 1 amide bonds. The SMILES string of the molecule is COc1ccc(C(=O)Nc2cnn(C(C)(C)C(=O)O)c2)cc1OC1CCCC1. The van der Waals surface area contributed by atoms with E-state index in [0.717, 1.165) is 25.7 Å². The highest BCUT2D eigenvalue weighted by Crippen LogP contribution is 2.32. The van der Waals surface area contributed by atoms with Gasteiger partial charge in [0.2, 0.25) is 0 Å². The number of hydrogen-bond acceptors (Lipinski definition) is 5. The lowest BCUT2D eigenvalue weighted by molar-refractivity contribution is -0.146. The van der Waals surface area contributed by atoms with Crippen molar-refractivity contribution in [2.75, 3.05) is 12.4 Å². The highest BCUT2D eigenvalue weighted by atomic mass is 16.5. The number of amides is 1. The number of ether oxygens (including phenoxy) is 2. The molecule has 1 heterocycles. The number of carbonyl (C=O) groups excluding carboxylic acids is 1. The minimum Gasteiger partial charge on any atom is -0.493 e. The van der Waals surface area contributed by atoms with Gasteiger partial charge < -0.3 is 19.9 Å². The van der Waals surface area contributed by atoms with E-state index < -0.39 is 11.5 Å². The van der Waals surface area contributed by atoms with Crippen LogP contribution in [0.2, 0.25) is 0 Å². The summed E-state index contributed by atoms with van der Waals surface area (Å²) in [5, 5.41) is 16.1. The van der Waals surface area contributed by atoms with E-state index in [1.54, 1.807) is 25.3 Å². The molecule has 8 heteroatoms. The van der Waals surface area contributed by atoms with E-state index >= 15 is 0 Å². The summed E-state index contributed by atoms with van der Waals surface area (Å²) >= 11 is 0. The van der Waals surface area contributed by atoms with Gasteiger partial charge in [-0.3, -0.25) is 9.48 Å². The van der Waals surface area contributed by atoms with Crippen LogP contribution in [0.15, 0.2) is 30.6 Å². The second-order valence-electron chi connectivity index (χ2n) is 7.38. The van der Waals surface area contributed by atoms with E-state index in [1.165, 1.54) is 30.9 Å². The largest absolute Gasteiger partial charge is 0.493 e. The molecule has 8 nitrogen and oxygen atoms in total. The van der Waals surface area contributed by atoms with Gasteiger partial charge in [-0.05, 0) is 57.7 Å². The monoisotopic (exact) mass is 387 g/mol. The van der Waals surface area contributed by atoms with Crippen molar-refractivity contribution in [1.82, 2.24) is 9.78 Å². The second-order valence-corrected chi connectivity index (χ2v) is 7.38. The van der Waals surface area contributed by atoms with Crippen molar-refractivity contribution >= 4 is 17.6 Å². The minimum atomic E-state index is -1.22. The Morgan fingerprint density at radius 3 is 2.61 bits per heavy atom. The minimum absolute atomic E-state index is 0.142. The van der Waals surface area contributed by atoms with Crippen LogP contribution in [0.5, 0.6) is 11.5 Å². The summed E-state index contributed by atoms with van der Waals surface area (Å²) in [6.07, 6.45) is 7.33. The molecule has 0 radical (unpaired) electrons. The lowest BCUT2D eigenvalue weighted by Gasteiger charge is -2.19. The van der Waals surface area contributed by atoms with Crippen LogP contribution >= 0.6 is 0 Å². The molecule has 0 saturated heterocycles. The third-order valence-electron chi connectivity index (χ3n) is 4.96. The molecule has 1 aliphatic carbocycles. The first kappa shape index (κ1) is 19.7. The Balaban J connectivity index is 1.75. The molecule has 1 aromatic carbocycles. The maximum Gasteiger partial charge on any atom is 0.331 e. The molecule has 0 bridgehead atoms. The predicted molar refractivity (Wildman–Crippen MR) is 103 cm³/mol. The van der Waals surface area contributed by atoms with Gasteiger partial charge in [-0.1, -0.05) is 0 Å². The van der Waals surface area contributed by atoms with Gasteiger partial charge in [-0.2, -0.15) is 5.10 Å². The van der Waals surface area contributed by atoms with Crippen LogP contribution in [-0.4, -0.2) is 40.0 Å². The molecule has 1 aliphatic rings. The molecule has 28 heavy (non-hydrogen) atoms. The fourth-order valence-corrected chi connectivity index (χ4v) is 3.09. The zero-order chi connectivity index (χ0) is 20.3. The zero-order valence-electron chi connectivity index (χ0n) is 16.3. The van der Waals surface area contributed by atoms with Crippen LogP contribution in [0, 0.1) is 0 Å². The number of carboxylic acids is 1. The topological polar surface area (TPSA) is 103 Å². The van der Waals surface area contributed by atoms with Crippen LogP contribution in [0.3, 0.4) is 0 Å². The van der Waals surface area contributed by atoms with Crippen LogP contribution in [0.4, 0.5) is 5.69 Å². The highest BCUT2D eigenvalue weighted by Gasteiger charge is 2.30. The van der Waals surface area contributed by atoms with Gasteiger partial charge in [0.15, 0.2) is 17.0 Å². The molecule has 1 saturated carbocycles. The molecule has 1 aromatic heterocycles. The molecule has 0 atom stereocenters. The summed E-state index contributed by atoms with van der Waals surface area (Å²) in [5.41, 5.74) is -0.391. The molecule has 0 aliphatic heterocycles. The number of carboxylic acid groups (broad SMARTS) is 1. The molecule has 1 fully saturated rings. The first-order chi connectivity index (χ1) is 13.3. The Kier molecular flexibility index (Phi) is 5.58. The van der Waals surface area contributed by atoms with Crippen molar-refractivity contribution in [2.24, 2.45) is 0 Å². The molecule has 0 spiro atoms. The van der Waals surface area contributed by atoms with Crippen molar-refractivity contribution in [2.45, 2.75) is 51.2 Å². The normalized spacial score (nSPS) is 14.7. The fraction of sp³-hybridized carbons (Fsp3) is 0.450. The van der Waals surface area contributed by atoms with Gasteiger partial charge in [-0.15, -0.1) is 0 Å². The second kappa shape index (κ2) is 7.92. The summed E-state index contributed by atoms with van der Waals surface area (Å²) in [6, 6.07) is 5.02. The molecule has 150 valence electrons. The van der Waals surface area contributed by atoms with Crippen molar-refractivity contribution in [3.8, 4) is 11.5 Å². The number of benzene rings is 1. The van der Waals surface area contributed by atoms with E-state index in [0.29, 0.717) is 22.7 Å². The third kappa shape index (κ3) is 4.11. The Morgan fingerprint density at radius 2 is 1.96 bits per heavy atom. The van der Waals surface area contributed by atoms with E-state index in [2.05, 4.69) is 10.4 Å². The van der Waals surface area contributed by atoms with E-state index in [9.17, 15) is 14.7 Å². The number of hydrogen-bond donors (Lipinski definition) is 2. The number of nitrogens with zero attached hydrogens (tertiary/aromatic N) is 2. The summed E-state index contributed by atoms with van der Waals surface area (Å²) in [5.74, 6) is -0.229. The van der Waals surface area contributed by atoms with E-state index in [-0.39, 0.29) is 12.0 Å². The lowest BCUT2D eigenvalue weighted by Crippen LogP contribution is -2.35. The molecule has 2 aromatic rings. The van der Waals surface area contributed by atoms with Crippen molar-refractivity contribution in [3.05, 3.63) is 36.2 Å². The van der Waals surface area contributed by atoms with Crippen LogP contribution in [-0.2, 0) is 10.3 Å². The van der Waals surface area contributed by atoms with Gasteiger partial charge >= 0.3 is 5.97 Å². The van der Waals surface area contributed by atoms with Gasteiger partial charge in [-0.25, -0.2) is 4.79 Å². The molecule has 0 unspecified atom stereocenters. The fourth-order valence-electron chi connectivity index (χ4n) is 3.09. The van der Waals surface area contributed by atoms with Crippen molar-refractivity contribution in [1.29, 1.82) is 0 Å². The summed E-state index contributed by atoms with van der Waals surface area (Å²) in [7, 11) is 1.56. The van der Waals surface area contributed by atoms with Crippen molar-refractivity contribution in [3.63, 3.8) is 0 Å². The van der Waals surface area contributed by atoms with E-state index in [1.807, 2.05) is 0 Å². The van der Waals surface area contributed by atoms with Crippen molar-refractivity contribution < 1.29 is 24.2 Å². The number of aliphatic carboxylic acids is 1. The number of carbonyl (C=O) groups is 2. The molecule has 2 N–H and O–H groups in total. The summed E-state index contributed by atoms with van der Waals surface area (Å²) in [4.78, 5) is 24.0. The number of aromatic nitrogens is 2. The quantitative estimate of drug-likeness (QED) is 0.756. The molecular formula is C20H25N3O5. The molecule has 3 rings (SSSR count). The Bertz CT molecular complexity index is 868. The average Bonchev–Trinajstić information content (AvgIpc) is 3.33. The Hall–Kier alpha value is -3.03.